The lowest BCUT2D eigenvalue weighted by Gasteiger charge is -2.10. The molecule has 0 aliphatic heterocycles. The fourth-order valence-corrected chi connectivity index (χ4v) is 2.60. The number of halogens is 4. The molecule has 3 aromatic rings. The lowest BCUT2D eigenvalue weighted by atomic mass is 10.1. The second-order valence-corrected chi connectivity index (χ2v) is 5.41. The van der Waals surface area contributed by atoms with Gasteiger partial charge >= 0.3 is 6.18 Å². The Morgan fingerprint density at radius 1 is 1.05 bits per heavy atom. The summed E-state index contributed by atoms with van der Waals surface area (Å²) < 4.78 is 38.8. The van der Waals surface area contributed by atoms with E-state index in [2.05, 4.69) is 4.98 Å². The van der Waals surface area contributed by atoms with Gasteiger partial charge in [-0.1, -0.05) is 23.7 Å². The van der Waals surface area contributed by atoms with Gasteiger partial charge in [0, 0.05) is 23.1 Å². The number of benzene rings is 2. The van der Waals surface area contributed by atoms with E-state index in [1.807, 2.05) is 18.2 Å². The molecule has 2 nitrogen and oxygen atoms in total. The molecule has 0 aliphatic carbocycles. The minimum Gasteiger partial charge on any atom is -0.355 e. The lowest BCUT2D eigenvalue weighted by molar-refractivity contribution is -0.137. The quantitative estimate of drug-likeness (QED) is 0.687. The second-order valence-electron chi connectivity index (χ2n) is 5.00. The molecule has 0 atom stereocenters. The van der Waals surface area contributed by atoms with Crippen molar-refractivity contribution >= 4 is 22.5 Å². The zero-order valence-corrected chi connectivity index (χ0v) is 12.1. The summed E-state index contributed by atoms with van der Waals surface area (Å²) in [6.45, 7) is 0.412. The van der Waals surface area contributed by atoms with Crippen molar-refractivity contribution in [1.82, 2.24) is 4.98 Å². The molecule has 0 saturated heterocycles. The Morgan fingerprint density at radius 3 is 2.50 bits per heavy atom. The molecule has 2 aromatic carbocycles. The van der Waals surface area contributed by atoms with Gasteiger partial charge in [0.15, 0.2) is 0 Å². The first-order valence-corrected chi connectivity index (χ1v) is 6.95. The Bertz CT molecular complexity index is 837. The Hall–Kier alpha value is -1.98. The summed E-state index contributed by atoms with van der Waals surface area (Å²) in [6.07, 6.45) is -4.48. The average Bonchev–Trinajstić information content (AvgIpc) is 2.89. The highest BCUT2D eigenvalue weighted by atomic mass is 35.5. The van der Waals surface area contributed by atoms with Crippen LogP contribution in [-0.2, 0) is 12.7 Å². The number of aromatic amines is 1. The van der Waals surface area contributed by atoms with Crippen LogP contribution in [0.4, 0.5) is 13.2 Å². The fraction of sp³-hybridized carbons (Fsp3) is 0.125. The SMILES string of the molecule is NCc1ccc2[nH]c(-c3ccc(Cl)c(C(F)(F)F)c3)cc2c1. The fourth-order valence-electron chi connectivity index (χ4n) is 2.37. The summed E-state index contributed by atoms with van der Waals surface area (Å²) in [5, 5.41) is 0.597. The van der Waals surface area contributed by atoms with Crippen LogP contribution < -0.4 is 5.73 Å². The molecule has 0 bridgehead atoms. The molecular weight excluding hydrogens is 313 g/mol. The van der Waals surface area contributed by atoms with Crippen molar-refractivity contribution in [3.63, 3.8) is 0 Å². The van der Waals surface area contributed by atoms with Crippen LogP contribution in [0.2, 0.25) is 5.02 Å². The summed E-state index contributed by atoms with van der Waals surface area (Å²) in [4.78, 5) is 3.11. The van der Waals surface area contributed by atoms with Gasteiger partial charge in [0.1, 0.15) is 0 Å². The summed E-state index contributed by atoms with van der Waals surface area (Å²) in [5.74, 6) is 0. The maximum Gasteiger partial charge on any atom is 0.417 e. The lowest BCUT2D eigenvalue weighted by Crippen LogP contribution is -2.05. The Balaban J connectivity index is 2.11. The monoisotopic (exact) mass is 324 g/mol. The Kier molecular flexibility index (Phi) is 3.62. The number of H-pyrrole nitrogens is 1. The largest absolute Gasteiger partial charge is 0.417 e. The molecule has 0 aliphatic rings. The van der Waals surface area contributed by atoms with Crippen LogP contribution >= 0.6 is 11.6 Å². The van der Waals surface area contributed by atoms with Gasteiger partial charge in [0.25, 0.3) is 0 Å². The molecule has 6 heteroatoms. The molecule has 0 spiro atoms. The predicted octanol–water partition coefficient (Wildman–Crippen LogP) is 4.97. The van der Waals surface area contributed by atoms with Gasteiger partial charge in [-0.2, -0.15) is 13.2 Å². The van der Waals surface area contributed by atoms with E-state index < -0.39 is 11.7 Å². The van der Waals surface area contributed by atoms with Gasteiger partial charge in [-0.3, -0.25) is 0 Å². The van der Waals surface area contributed by atoms with Crippen molar-refractivity contribution in [2.75, 3.05) is 0 Å². The molecule has 1 heterocycles. The normalized spacial score (nSPS) is 12.0. The molecule has 0 saturated carbocycles. The third kappa shape index (κ3) is 2.69. The number of alkyl halides is 3. The smallest absolute Gasteiger partial charge is 0.355 e. The van der Waals surface area contributed by atoms with Crippen LogP contribution in [0.25, 0.3) is 22.2 Å². The standard InChI is InChI=1S/C16H12ClF3N2/c17-13-3-2-10(6-12(13)16(18,19)20)15-7-11-5-9(8-21)1-4-14(11)22-15/h1-7,22H,8,21H2. The molecule has 3 rings (SSSR count). The van der Waals surface area contributed by atoms with Gasteiger partial charge in [0.05, 0.1) is 10.6 Å². The number of nitrogens with two attached hydrogens (primary N) is 1. The van der Waals surface area contributed by atoms with E-state index in [-0.39, 0.29) is 5.02 Å². The minimum atomic E-state index is -4.48. The first-order valence-electron chi connectivity index (χ1n) is 6.57. The predicted molar refractivity (Wildman–Crippen MR) is 81.6 cm³/mol. The molecule has 3 N–H and O–H groups in total. The van der Waals surface area contributed by atoms with Gasteiger partial charge in [-0.15, -0.1) is 0 Å². The van der Waals surface area contributed by atoms with Crippen LogP contribution in [0, 0.1) is 0 Å². The Morgan fingerprint density at radius 2 is 1.82 bits per heavy atom. The van der Waals surface area contributed by atoms with Gasteiger partial charge in [0.2, 0.25) is 0 Å². The number of fused-ring (bicyclic) bond motifs is 1. The second kappa shape index (κ2) is 5.34. The molecule has 0 unspecified atom stereocenters. The third-order valence-corrected chi connectivity index (χ3v) is 3.83. The van der Waals surface area contributed by atoms with Crippen molar-refractivity contribution in [3.8, 4) is 11.3 Å². The van der Waals surface area contributed by atoms with Crippen molar-refractivity contribution in [3.05, 3.63) is 58.6 Å². The highest BCUT2D eigenvalue weighted by Crippen LogP contribution is 2.37. The third-order valence-electron chi connectivity index (χ3n) is 3.50. The summed E-state index contributed by atoms with van der Waals surface area (Å²) >= 11 is 5.64. The van der Waals surface area contributed by atoms with E-state index in [4.69, 9.17) is 17.3 Å². The van der Waals surface area contributed by atoms with Gasteiger partial charge in [-0.25, -0.2) is 0 Å². The summed E-state index contributed by atoms with van der Waals surface area (Å²) in [5.41, 5.74) is 7.60. The topological polar surface area (TPSA) is 41.8 Å². The maximum atomic E-state index is 12.9. The number of aromatic nitrogens is 1. The van der Waals surface area contributed by atoms with Crippen LogP contribution in [0.15, 0.2) is 42.5 Å². The zero-order chi connectivity index (χ0) is 15.9. The molecule has 1 aromatic heterocycles. The number of nitrogens with one attached hydrogen (secondary N) is 1. The average molecular weight is 325 g/mol. The van der Waals surface area contributed by atoms with E-state index in [0.717, 1.165) is 22.5 Å². The van der Waals surface area contributed by atoms with Crippen LogP contribution in [-0.4, -0.2) is 4.98 Å². The van der Waals surface area contributed by atoms with Crippen molar-refractivity contribution in [2.45, 2.75) is 12.7 Å². The van der Waals surface area contributed by atoms with E-state index >= 15 is 0 Å². The number of rotatable bonds is 2. The number of hydrogen-bond donors (Lipinski definition) is 2. The molecule has 0 amide bonds. The molecule has 0 fully saturated rings. The first kappa shape index (κ1) is 14.9. The summed E-state index contributed by atoms with van der Waals surface area (Å²) in [7, 11) is 0. The first-order chi connectivity index (χ1) is 10.4. The van der Waals surface area contributed by atoms with Crippen LogP contribution in [0.5, 0.6) is 0 Å². The molecular formula is C16H12ClF3N2. The van der Waals surface area contributed by atoms with Gasteiger partial charge in [-0.05, 0) is 41.5 Å². The van der Waals surface area contributed by atoms with Crippen molar-refractivity contribution in [1.29, 1.82) is 0 Å². The minimum absolute atomic E-state index is 0.308. The molecule has 114 valence electrons. The Labute approximate surface area is 129 Å². The zero-order valence-electron chi connectivity index (χ0n) is 11.3. The van der Waals surface area contributed by atoms with Crippen LogP contribution in [0.1, 0.15) is 11.1 Å². The van der Waals surface area contributed by atoms with E-state index in [9.17, 15) is 13.2 Å². The van der Waals surface area contributed by atoms with Crippen molar-refractivity contribution < 1.29 is 13.2 Å². The van der Waals surface area contributed by atoms with Crippen LogP contribution in [0.3, 0.4) is 0 Å². The van der Waals surface area contributed by atoms with E-state index in [1.165, 1.54) is 6.07 Å². The van der Waals surface area contributed by atoms with E-state index in [1.54, 1.807) is 12.1 Å². The summed E-state index contributed by atoms with van der Waals surface area (Å²) in [6, 6.07) is 11.3. The maximum absolute atomic E-state index is 12.9. The molecule has 0 radical (unpaired) electrons. The molecule has 22 heavy (non-hydrogen) atoms. The highest BCUT2D eigenvalue weighted by molar-refractivity contribution is 6.31. The van der Waals surface area contributed by atoms with Gasteiger partial charge < -0.3 is 10.7 Å². The van der Waals surface area contributed by atoms with E-state index in [0.29, 0.717) is 17.8 Å². The van der Waals surface area contributed by atoms with Crippen molar-refractivity contribution in [2.24, 2.45) is 5.73 Å². The highest BCUT2D eigenvalue weighted by Gasteiger charge is 2.33. The number of hydrogen-bond acceptors (Lipinski definition) is 1.